The van der Waals surface area contributed by atoms with Gasteiger partial charge in [0.1, 0.15) is 0 Å². The van der Waals surface area contributed by atoms with Crippen LogP contribution in [0.2, 0.25) is 0 Å². The predicted octanol–water partition coefficient (Wildman–Crippen LogP) is 2.76. The fraction of sp³-hybridized carbons (Fsp3) is 0.938. The lowest BCUT2D eigenvalue weighted by molar-refractivity contribution is -0.132. The molecule has 3 aliphatic rings. The lowest BCUT2D eigenvalue weighted by Gasteiger charge is -2.28. The van der Waals surface area contributed by atoms with Gasteiger partial charge < -0.3 is 4.90 Å². The normalized spacial score (nSPS) is 34.4. The zero-order valence-corrected chi connectivity index (χ0v) is 13.2. The number of hydrogen-bond donors (Lipinski definition) is 1. The number of hydrogen-bond acceptors (Lipinski definition) is 2. The zero-order valence-electron chi connectivity index (χ0n) is 13.2. The largest absolute Gasteiger partial charge is 0.321 e. The number of carbonyl (C=O) groups excluding carboxylic acids is 1. The second-order valence-corrected chi connectivity index (χ2v) is 8.43. The summed E-state index contributed by atoms with van der Waals surface area (Å²) in [5.41, 5.74) is 0.300. The molecule has 0 aromatic carbocycles. The summed E-state index contributed by atoms with van der Waals surface area (Å²) in [6.07, 6.45) is 3.38. The van der Waals surface area contributed by atoms with Gasteiger partial charge in [-0.1, -0.05) is 41.5 Å². The van der Waals surface area contributed by atoms with Crippen molar-refractivity contribution in [1.29, 1.82) is 0 Å². The van der Waals surface area contributed by atoms with E-state index >= 15 is 0 Å². The van der Waals surface area contributed by atoms with E-state index in [1.54, 1.807) is 0 Å². The zero-order chi connectivity index (χ0) is 14.2. The Morgan fingerprint density at radius 2 is 1.74 bits per heavy atom. The molecular formula is C16H28N2O. The molecule has 3 fully saturated rings. The van der Waals surface area contributed by atoms with Crippen LogP contribution in [0.15, 0.2) is 0 Å². The van der Waals surface area contributed by atoms with E-state index in [4.69, 9.17) is 0 Å². The smallest absolute Gasteiger partial charge is 0.244 e. The molecule has 2 aliphatic carbocycles. The lowest BCUT2D eigenvalue weighted by atomic mass is 10.0. The van der Waals surface area contributed by atoms with Gasteiger partial charge in [0, 0.05) is 6.04 Å². The first-order chi connectivity index (χ1) is 8.63. The van der Waals surface area contributed by atoms with Gasteiger partial charge in [0.25, 0.3) is 0 Å². The standard InChI is InChI=1S/C16H28N2O/c1-10(2)9-11-17-16(7-8-16)13(19)18(11)12-14(3,4)15(12,5)6/h10-12,17H,7-9H2,1-6H3. The van der Waals surface area contributed by atoms with E-state index < -0.39 is 0 Å². The summed E-state index contributed by atoms with van der Waals surface area (Å²) in [5.74, 6) is 0.994. The van der Waals surface area contributed by atoms with Gasteiger partial charge in [-0.2, -0.15) is 0 Å². The Bertz CT molecular complexity index is 406. The first-order valence-corrected chi connectivity index (χ1v) is 7.74. The molecule has 1 atom stereocenters. The van der Waals surface area contributed by atoms with Gasteiger partial charge in [0.05, 0.1) is 11.7 Å². The monoisotopic (exact) mass is 264 g/mol. The van der Waals surface area contributed by atoms with E-state index in [-0.39, 0.29) is 22.5 Å². The minimum Gasteiger partial charge on any atom is -0.321 e. The van der Waals surface area contributed by atoms with Crippen LogP contribution >= 0.6 is 0 Å². The number of amides is 1. The van der Waals surface area contributed by atoms with Crippen molar-refractivity contribution in [2.24, 2.45) is 16.7 Å². The van der Waals surface area contributed by atoms with Crippen molar-refractivity contribution in [1.82, 2.24) is 10.2 Å². The van der Waals surface area contributed by atoms with Crippen molar-refractivity contribution in [3.63, 3.8) is 0 Å². The molecule has 0 bridgehead atoms. The van der Waals surface area contributed by atoms with Crippen molar-refractivity contribution >= 4 is 5.91 Å². The quantitative estimate of drug-likeness (QED) is 0.850. The molecule has 1 spiro atoms. The van der Waals surface area contributed by atoms with Crippen molar-refractivity contribution < 1.29 is 4.79 Å². The van der Waals surface area contributed by atoms with Crippen molar-refractivity contribution in [2.75, 3.05) is 0 Å². The molecular weight excluding hydrogens is 236 g/mol. The third kappa shape index (κ3) is 1.63. The first kappa shape index (κ1) is 13.4. The highest BCUT2D eigenvalue weighted by atomic mass is 16.2. The molecule has 0 aromatic heterocycles. The second kappa shape index (κ2) is 3.55. The average molecular weight is 264 g/mol. The number of rotatable bonds is 3. The molecule has 1 saturated heterocycles. The maximum atomic E-state index is 12.8. The van der Waals surface area contributed by atoms with Gasteiger partial charge in [-0.05, 0) is 36.0 Å². The van der Waals surface area contributed by atoms with Crippen LogP contribution in [-0.4, -0.2) is 28.6 Å². The fourth-order valence-corrected chi connectivity index (χ4v) is 4.10. The summed E-state index contributed by atoms with van der Waals surface area (Å²) in [6, 6.07) is 0.392. The molecule has 1 N–H and O–H groups in total. The number of nitrogens with one attached hydrogen (secondary N) is 1. The third-order valence-electron chi connectivity index (χ3n) is 6.09. The van der Waals surface area contributed by atoms with Crippen LogP contribution in [0.25, 0.3) is 0 Å². The Morgan fingerprint density at radius 1 is 1.21 bits per heavy atom. The van der Waals surface area contributed by atoms with E-state index in [9.17, 15) is 4.79 Å². The molecule has 1 heterocycles. The first-order valence-electron chi connectivity index (χ1n) is 7.74. The molecule has 19 heavy (non-hydrogen) atoms. The second-order valence-electron chi connectivity index (χ2n) is 8.43. The molecule has 3 rings (SSSR count). The van der Waals surface area contributed by atoms with Crippen LogP contribution in [0, 0.1) is 16.7 Å². The highest BCUT2D eigenvalue weighted by Gasteiger charge is 2.73. The molecule has 3 heteroatoms. The van der Waals surface area contributed by atoms with Gasteiger partial charge >= 0.3 is 0 Å². The van der Waals surface area contributed by atoms with Crippen LogP contribution in [0.4, 0.5) is 0 Å². The fourth-order valence-electron chi connectivity index (χ4n) is 4.10. The Morgan fingerprint density at radius 3 is 2.11 bits per heavy atom. The van der Waals surface area contributed by atoms with Gasteiger partial charge in [0.15, 0.2) is 0 Å². The number of nitrogens with zero attached hydrogens (tertiary/aromatic N) is 1. The highest BCUT2D eigenvalue weighted by molar-refractivity contribution is 5.92. The maximum absolute atomic E-state index is 12.8. The molecule has 108 valence electrons. The van der Waals surface area contributed by atoms with E-state index in [1.165, 1.54) is 0 Å². The Labute approximate surface area is 117 Å². The topological polar surface area (TPSA) is 32.3 Å². The summed E-state index contributed by atoms with van der Waals surface area (Å²) in [6.45, 7) is 13.7. The Hall–Kier alpha value is -0.570. The summed E-state index contributed by atoms with van der Waals surface area (Å²) >= 11 is 0. The molecule has 2 saturated carbocycles. The van der Waals surface area contributed by atoms with Crippen molar-refractivity contribution in [3.8, 4) is 0 Å². The van der Waals surface area contributed by atoms with E-state index in [2.05, 4.69) is 51.8 Å². The third-order valence-corrected chi connectivity index (χ3v) is 6.09. The maximum Gasteiger partial charge on any atom is 0.244 e. The van der Waals surface area contributed by atoms with Crippen LogP contribution in [-0.2, 0) is 4.79 Å². The van der Waals surface area contributed by atoms with Crippen molar-refractivity contribution in [2.45, 2.75) is 78.6 Å². The molecule has 0 aromatic rings. The van der Waals surface area contributed by atoms with Gasteiger partial charge in [-0.25, -0.2) is 0 Å². The molecule has 1 aliphatic heterocycles. The minimum absolute atomic E-state index is 0.172. The van der Waals surface area contributed by atoms with Gasteiger partial charge in [-0.15, -0.1) is 0 Å². The predicted molar refractivity (Wildman–Crippen MR) is 76.5 cm³/mol. The van der Waals surface area contributed by atoms with Crippen molar-refractivity contribution in [3.05, 3.63) is 0 Å². The average Bonchev–Trinajstić information content (AvgIpc) is 3.07. The highest BCUT2D eigenvalue weighted by Crippen LogP contribution is 2.67. The Balaban J connectivity index is 1.87. The van der Waals surface area contributed by atoms with E-state index in [0.29, 0.717) is 17.9 Å². The molecule has 0 radical (unpaired) electrons. The minimum atomic E-state index is -0.172. The molecule has 3 nitrogen and oxygen atoms in total. The van der Waals surface area contributed by atoms with Crippen LogP contribution in [0.5, 0.6) is 0 Å². The Kier molecular flexibility index (Phi) is 2.50. The summed E-state index contributed by atoms with van der Waals surface area (Å²) < 4.78 is 0. The molecule has 1 unspecified atom stereocenters. The summed E-state index contributed by atoms with van der Waals surface area (Å²) in [5, 5.41) is 3.65. The van der Waals surface area contributed by atoms with Crippen LogP contribution < -0.4 is 5.32 Å². The van der Waals surface area contributed by atoms with Crippen LogP contribution in [0.3, 0.4) is 0 Å². The summed E-state index contributed by atoms with van der Waals surface area (Å²) in [4.78, 5) is 15.0. The van der Waals surface area contributed by atoms with Crippen LogP contribution in [0.1, 0.15) is 60.8 Å². The molecule has 1 amide bonds. The SMILES string of the molecule is CC(C)CC1NC2(CC2)C(=O)N1C1C(C)(C)C1(C)C. The van der Waals surface area contributed by atoms with E-state index in [0.717, 1.165) is 19.3 Å². The number of carbonyl (C=O) groups is 1. The summed E-state index contributed by atoms with van der Waals surface area (Å²) in [7, 11) is 0. The van der Waals surface area contributed by atoms with E-state index in [1.807, 2.05) is 0 Å². The van der Waals surface area contributed by atoms with Gasteiger partial charge in [-0.3, -0.25) is 10.1 Å². The lowest BCUT2D eigenvalue weighted by Crippen LogP contribution is -2.42. The van der Waals surface area contributed by atoms with Gasteiger partial charge in [0.2, 0.25) is 5.91 Å².